The molecule has 0 bridgehead atoms. The Kier molecular flexibility index (Phi) is 4.34. The monoisotopic (exact) mass is 253 g/mol. The highest BCUT2D eigenvalue weighted by atomic mass is 35.5. The number of hydrogen-bond acceptors (Lipinski definition) is 3. The van der Waals surface area contributed by atoms with Crippen LogP contribution in [0.2, 0.25) is 0 Å². The standard InChI is InChI=1S/C13H15NO2.ClH/c1-8(15)13(14)11-3-2-10-7-12(16)5-4-9(10)6-11;/h2-8,13,15-16H,14H2,1H3;1H/t8-,13-;/m0./s1. The normalized spacial score (nSPS) is 14.1. The number of aliphatic hydroxyl groups excluding tert-OH is 1. The molecule has 0 aliphatic heterocycles. The second-order valence-corrected chi connectivity index (χ2v) is 4.06. The fraction of sp³-hybridized carbons (Fsp3) is 0.231. The van der Waals surface area contributed by atoms with Crippen molar-refractivity contribution in [3.05, 3.63) is 42.0 Å². The van der Waals surface area contributed by atoms with Crippen molar-refractivity contribution in [2.45, 2.75) is 19.1 Å². The quantitative estimate of drug-likeness (QED) is 0.770. The average molecular weight is 254 g/mol. The number of aromatic hydroxyl groups is 1. The zero-order valence-electron chi connectivity index (χ0n) is 9.50. The Balaban J connectivity index is 0.00000144. The number of aliphatic hydroxyl groups is 1. The molecule has 0 unspecified atom stereocenters. The number of nitrogens with two attached hydrogens (primary N) is 1. The molecule has 2 atom stereocenters. The second kappa shape index (κ2) is 5.36. The highest BCUT2D eigenvalue weighted by molar-refractivity contribution is 5.85. The van der Waals surface area contributed by atoms with Gasteiger partial charge < -0.3 is 15.9 Å². The third kappa shape index (κ3) is 2.88. The van der Waals surface area contributed by atoms with E-state index in [1.54, 1.807) is 19.1 Å². The van der Waals surface area contributed by atoms with Crippen molar-refractivity contribution >= 4 is 23.2 Å². The molecule has 0 spiro atoms. The SMILES string of the molecule is C[C@H](O)[C@H](N)c1ccc2cc(O)ccc2c1.Cl. The fourth-order valence-electron chi connectivity index (χ4n) is 1.74. The summed E-state index contributed by atoms with van der Waals surface area (Å²) in [6.07, 6.45) is -0.574. The van der Waals surface area contributed by atoms with Gasteiger partial charge in [0, 0.05) is 0 Å². The number of rotatable bonds is 2. The van der Waals surface area contributed by atoms with Crippen molar-refractivity contribution in [3.8, 4) is 5.75 Å². The molecule has 0 aromatic heterocycles. The molecule has 3 nitrogen and oxygen atoms in total. The third-order valence-corrected chi connectivity index (χ3v) is 2.75. The lowest BCUT2D eigenvalue weighted by molar-refractivity contribution is 0.164. The van der Waals surface area contributed by atoms with Crippen LogP contribution in [0.1, 0.15) is 18.5 Å². The van der Waals surface area contributed by atoms with Crippen LogP contribution in [0.4, 0.5) is 0 Å². The summed E-state index contributed by atoms with van der Waals surface area (Å²) >= 11 is 0. The smallest absolute Gasteiger partial charge is 0.116 e. The van der Waals surface area contributed by atoms with E-state index >= 15 is 0 Å². The molecule has 92 valence electrons. The number of phenols is 1. The third-order valence-electron chi connectivity index (χ3n) is 2.75. The van der Waals surface area contributed by atoms with E-state index < -0.39 is 6.10 Å². The number of benzene rings is 2. The minimum Gasteiger partial charge on any atom is -0.508 e. The van der Waals surface area contributed by atoms with Gasteiger partial charge in [-0.15, -0.1) is 12.4 Å². The van der Waals surface area contributed by atoms with Gasteiger partial charge in [-0.25, -0.2) is 0 Å². The summed E-state index contributed by atoms with van der Waals surface area (Å²) in [4.78, 5) is 0. The molecule has 4 N–H and O–H groups in total. The van der Waals surface area contributed by atoms with Crippen LogP contribution >= 0.6 is 12.4 Å². The largest absolute Gasteiger partial charge is 0.508 e. The molecule has 4 heteroatoms. The van der Waals surface area contributed by atoms with Crippen molar-refractivity contribution in [1.29, 1.82) is 0 Å². The Morgan fingerprint density at radius 2 is 1.65 bits per heavy atom. The maximum Gasteiger partial charge on any atom is 0.116 e. The molecule has 0 aliphatic carbocycles. The van der Waals surface area contributed by atoms with E-state index in [4.69, 9.17) is 5.73 Å². The van der Waals surface area contributed by atoms with Gasteiger partial charge in [-0.3, -0.25) is 0 Å². The number of phenolic OH excluding ortho intramolecular Hbond substituents is 1. The van der Waals surface area contributed by atoms with Crippen LogP contribution < -0.4 is 5.73 Å². The lowest BCUT2D eigenvalue weighted by atomic mass is 9.99. The van der Waals surface area contributed by atoms with E-state index in [0.29, 0.717) is 0 Å². The summed E-state index contributed by atoms with van der Waals surface area (Å²) in [5.74, 6) is 0.250. The molecule has 0 fully saturated rings. The van der Waals surface area contributed by atoms with Gasteiger partial charge in [0.25, 0.3) is 0 Å². The molecular weight excluding hydrogens is 238 g/mol. The van der Waals surface area contributed by atoms with Crippen LogP contribution in [0.3, 0.4) is 0 Å². The summed E-state index contributed by atoms with van der Waals surface area (Å²) in [5, 5.41) is 20.7. The van der Waals surface area contributed by atoms with Crippen molar-refractivity contribution in [2.24, 2.45) is 5.73 Å². The molecule has 0 saturated heterocycles. The van der Waals surface area contributed by atoms with Gasteiger partial charge in [0.15, 0.2) is 0 Å². The van der Waals surface area contributed by atoms with Crippen LogP contribution in [0.5, 0.6) is 5.75 Å². The van der Waals surface area contributed by atoms with Gasteiger partial charge in [0.1, 0.15) is 5.75 Å². The van der Waals surface area contributed by atoms with E-state index in [1.165, 1.54) is 0 Å². The predicted molar refractivity (Wildman–Crippen MR) is 71.5 cm³/mol. The molecule has 0 saturated carbocycles. The topological polar surface area (TPSA) is 66.5 Å². The summed E-state index contributed by atoms with van der Waals surface area (Å²) in [7, 11) is 0. The number of fused-ring (bicyclic) bond motifs is 1. The molecule has 2 rings (SSSR count). The van der Waals surface area contributed by atoms with Gasteiger partial charge in [-0.05, 0) is 41.5 Å². The maximum atomic E-state index is 9.43. The van der Waals surface area contributed by atoms with Crippen molar-refractivity contribution < 1.29 is 10.2 Å². The van der Waals surface area contributed by atoms with Crippen LogP contribution in [-0.4, -0.2) is 16.3 Å². The summed E-state index contributed by atoms with van der Waals surface area (Å²) in [6, 6.07) is 10.5. The molecule has 17 heavy (non-hydrogen) atoms. The number of halogens is 1. The van der Waals surface area contributed by atoms with E-state index in [9.17, 15) is 10.2 Å². The highest BCUT2D eigenvalue weighted by Crippen LogP contribution is 2.24. The lowest BCUT2D eigenvalue weighted by Crippen LogP contribution is -2.22. The zero-order valence-corrected chi connectivity index (χ0v) is 10.3. The van der Waals surface area contributed by atoms with Crippen LogP contribution in [-0.2, 0) is 0 Å². The van der Waals surface area contributed by atoms with Crippen molar-refractivity contribution in [3.63, 3.8) is 0 Å². The first kappa shape index (κ1) is 13.8. The molecule has 0 heterocycles. The fourth-order valence-corrected chi connectivity index (χ4v) is 1.74. The molecule has 0 amide bonds. The Morgan fingerprint density at radius 3 is 2.29 bits per heavy atom. The minimum atomic E-state index is -0.574. The Hall–Kier alpha value is -1.29. The highest BCUT2D eigenvalue weighted by Gasteiger charge is 2.12. The van der Waals surface area contributed by atoms with Crippen LogP contribution in [0.15, 0.2) is 36.4 Å². The van der Waals surface area contributed by atoms with E-state index in [2.05, 4.69) is 0 Å². The van der Waals surface area contributed by atoms with Gasteiger partial charge in [-0.1, -0.05) is 18.2 Å². The van der Waals surface area contributed by atoms with Gasteiger partial charge in [-0.2, -0.15) is 0 Å². The van der Waals surface area contributed by atoms with E-state index in [1.807, 2.05) is 24.3 Å². The zero-order chi connectivity index (χ0) is 11.7. The van der Waals surface area contributed by atoms with Crippen LogP contribution in [0.25, 0.3) is 10.8 Å². The number of hydrogen-bond donors (Lipinski definition) is 3. The summed E-state index contributed by atoms with van der Waals surface area (Å²) in [5.41, 5.74) is 6.76. The summed E-state index contributed by atoms with van der Waals surface area (Å²) in [6.45, 7) is 1.67. The molecular formula is C13H16ClNO2. The molecule has 2 aromatic rings. The van der Waals surface area contributed by atoms with Crippen LogP contribution in [0, 0.1) is 0 Å². The predicted octanol–water partition coefficient (Wildman–Crippen LogP) is 2.35. The van der Waals surface area contributed by atoms with Crippen molar-refractivity contribution in [1.82, 2.24) is 0 Å². The maximum absolute atomic E-state index is 9.43. The molecule has 2 aromatic carbocycles. The lowest BCUT2D eigenvalue weighted by Gasteiger charge is -2.15. The first-order valence-corrected chi connectivity index (χ1v) is 5.24. The molecule has 0 aliphatic rings. The van der Waals surface area contributed by atoms with Gasteiger partial charge >= 0.3 is 0 Å². The van der Waals surface area contributed by atoms with Gasteiger partial charge in [0.2, 0.25) is 0 Å². The minimum absolute atomic E-state index is 0. The Bertz CT molecular complexity index is 514. The van der Waals surface area contributed by atoms with Gasteiger partial charge in [0.05, 0.1) is 12.1 Å². The first-order valence-electron chi connectivity index (χ1n) is 5.24. The Morgan fingerprint density at radius 1 is 1.06 bits per heavy atom. The first-order chi connectivity index (χ1) is 7.58. The average Bonchev–Trinajstić information content (AvgIpc) is 2.27. The van der Waals surface area contributed by atoms with Crippen molar-refractivity contribution in [2.75, 3.05) is 0 Å². The molecule has 0 radical (unpaired) electrons. The van der Waals surface area contributed by atoms with E-state index in [0.717, 1.165) is 16.3 Å². The second-order valence-electron chi connectivity index (χ2n) is 4.06. The Labute approximate surface area is 106 Å². The van der Waals surface area contributed by atoms with E-state index in [-0.39, 0.29) is 24.2 Å². The summed E-state index contributed by atoms with van der Waals surface area (Å²) < 4.78 is 0.